The Morgan fingerprint density at radius 3 is 2.42 bits per heavy atom. The predicted octanol–water partition coefficient (Wildman–Crippen LogP) is 7.60. The molecule has 0 saturated carbocycles. The van der Waals surface area contributed by atoms with E-state index in [0.29, 0.717) is 17.0 Å². The van der Waals surface area contributed by atoms with Gasteiger partial charge in [0, 0.05) is 21.2 Å². The van der Waals surface area contributed by atoms with E-state index in [4.69, 9.17) is 16.3 Å². The summed E-state index contributed by atoms with van der Waals surface area (Å²) in [6.07, 6.45) is -9.21. The SMILES string of the molecule is O=C(Nc1cc2c(c(Br)c1C(=O)c1cc(F)ccc1Cl)COC(=O)N2CC(F)F)c1cc(F)cc(C(F)(F)F)c1. The number of ketones is 1. The van der Waals surface area contributed by atoms with Gasteiger partial charge in [-0.2, -0.15) is 13.2 Å². The number of halogens is 9. The van der Waals surface area contributed by atoms with Gasteiger partial charge in [-0.1, -0.05) is 11.6 Å². The van der Waals surface area contributed by atoms with Crippen molar-refractivity contribution < 1.29 is 49.9 Å². The third-order valence-corrected chi connectivity index (χ3v) is 6.86. The van der Waals surface area contributed by atoms with Crippen LogP contribution < -0.4 is 10.2 Å². The molecule has 0 bridgehead atoms. The number of nitrogens with zero attached hydrogens (tertiary/aromatic N) is 1. The molecule has 0 atom stereocenters. The molecule has 0 saturated heterocycles. The van der Waals surface area contributed by atoms with Crippen LogP contribution in [0.3, 0.4) is 0 Å². The van der Waals surface area contributed by atoms with Gasteiger partial charge < -0.3 is 10.1 Å². The van der Waals surface area contributed by atoms with Gasteiger partial charge in [0.05, 0.1) is 34.1 Å². The van der Waals surface area contributed by atoms with E-state index in [-0.39, 0.29) is 32.4 Å². The van der Waals surface area contributed by atoms with Crippen molar-refractivity contribution in [3.8, 4) is 0 Å². The summed E-state index contributed by atoms with van der Waals surface area (Å²) < 4.78 is 98.7. The molecule has 210 valence electrons. The molecule has 4 rings (SSSR count). The molecule has 0 unspecified atom stereocenters. The lowest BCUT2D eigenvalue weighted by Gasteiger charge is -2.31. The molecule has 1 aliphatic heterocycles. The third kappa shape index (κ3) is 5.92. The first-order valence-electron chi connectivity index (χ1n) is 10.9. The number of hydrogen-bond donors (Lipinski definition) is 1. The Hall–Kier alpha value is -3.65. The van der Waals surface area contributed by atoms with E-state index in [9.17, 15) is 45.1 Å². The first-order chi connectivity index (χ1) is 18.7. The summed E-state index contributed by atoms with van der Waals surface area (Å²) in [6.45, 7) is -1.65. The topological polar surface area (TPSA) is 75.7 Å². The Morgan fingerprint density at radius 1 is 1.07 bits per heavy atom. The van der Waals surface area contributed by atoms with Crippen LogP contribution in [0.25, 0.3) is 0 Å². The highest BCUT2D eigenvalue weighted by Crippen LogP contribution is 2.42. The number of fused-ring (bicyclic) bond motifs is 1. The monoisotopic (exact) mass is 652 g/mol. The van der Waals surface area contributed by atoms with Crippen molar-refractivity contribution in [2.24, 2.45) is 0 Å². The maximum absolute atomic E-state index is 14.0. The maximum Gasteiger partial charge on any atom is 0.416 e. The van der Waals surface area contributed by atoms with Gasteiger partial charge in [0.15, 0.2) is 5.78 Å². The van der Waals surface area contributed by atoms with Crippen LogP contribution in [0, 0.1) is 11.6 Å². The highest BCUT2D eigenvalue weighted by Gasteiger charge is 2.35. The summed E-state index contributed by atoms with van der Waals surface area (Å²) in [5, 5.41) is 1.96. The highest BCUT2D eigenvalue weighted by atomic mass is 79.9. The minimum absolute atomic E-state index is 0.0132. The van der Waals surface area contributed by atoms with Crippen LogP contribution in [0.4, 0.5) is 46.9 Å². The Balaban J connectivity index is 1.90. The van der Waals surface area contributed by atoms with Crippen molar-refractivity contribution in [2.75, 3.05) is 16.8 Å². The summed E-state index contributed by atoms with van der Waals surface area (Å²) in [4.78, 5) is 39.3. The van der Waals surface area contributed by atoms with E-state index in [1.807, 2.05) is 0 Å². The van der Waals surface area contributed by atoms with Gasteiger partial charge in [0.2, 0.25) is 0 Å². The van der Waals surface area contributed by atoms with Crippen LogP contribution in [-0.4, -0.2) is 30.8 Å². The van der Waals surface area contributed by atoms with Crippen molar-refractivity contribution in [3.63, 3.8) is 0 Å². The van der Waals surface area contributed by atoms with Gasteiger partial charge in [0.25, 0.3) is 12.3 Å². The van der Waals surface area contributed by atoms with Gasteiger partial charge in [-0.3, -0.25) is 14.5 Å². The number of carbonyl (C=O) groups is 3. The van der Waals surface area contributed by atoms with Crippen molar-refractivity contribution in [2.45, 2.75) is 19.2 Å². The van der Waals surface area contributed by atoms with Crippen LogP contribution >= 0.6 is 27.5 Å². The third-order valence-electron chi connectivity index (χ3n) is 5.65. The second-order valence-electron chi connectivity index (χ2n) is 8.30. The number of benzene rings is 3. The number of hydrogen-bond acceptors (Lipinski definition) is 4. The van der Waals surface area contributed by atoms with Crippen LogP contribution in [0.5, 0.6) is 0 Å². The average molecular weight is 654 g/mol. The van der Waals surface area contributed by atoms with Gasteiger partial charge in [-0.25, -0.2) is 22.4 Å². The molecule has 15 heteroatoms. The van der Waals surface area contributed by atoms with Gasteiger partial charge in [-0.05, 0) is 58.4 Å². The smallest absolute Gasteiger partial charge is 0.416 e. The molecule has 0 spiro atoms. The summed E-state index contributed by atoms with van der Waals surface area (Å²) in [7, 11) is 0. The Bertz CT molecular complexity index is 1550. The number of nitrogens with one attached hydrogen (secondary N) is 1. The van der Waals surface area contributed by atoms with Crippen LogP contribution in [0.15, 0.2) is 46.9 Å². The molecule has 0 fully saturated rings. The molecule has 3 aromatic carbocycles. The molecule has 1 heterocycles. The largest absolute Gasteiger partial charge is 0.444 e. The second-order valence-corrected chi connectivity index (χ2v) is 9.50. The van der Waals surface area contributed by atoms with Crippen LogP contribution in [0.2, 0.25) is 5.02 Å². The van der Waals surface area contributed by atoms with E-state index in [1.54, 1.807) is 0 Å². The Labute approximate surface area is 233 Å². The standard InChI is InChI=1S/C25H13BrClF7N2O4/c26-21-15-9-40-24(39)36(8-19(30)31)18(15)7-17(20(21)22(37)14-6-12(28)1-2-16(14)27)35-23(38)10-3-11(25(32,33)34)5-13(29)4-10/h1-7,19H,8-9H2,(H,35,38). The molecule has 40 heavy (non-hydrogen) atoms. The lowest BCUT2D eigenvalue weighted by molar-refractivity contribution is -0.137. The quantitative estimate of drug-likeness (QED) is 0.220. The second kappa shape index (κ2) is 11.1. The predicted molar refractivity (Wildman–Crippen MR) is 132 cm³/mol. The number of carbonyl (C=O) groups excluding carboxylic acids is 3. The molecule has 3 aromatic rings. The Kier molecular flexibility index (Phi) is 8.13. The molecular weight excluding hydrogens is 641 g/mol. The summed E-state index contributed by atoms with van der Waals surface area (Å²) in [5.41, 5.74) is -3.80. The normalized spacial score (nSPS) is 13.2. The molecule has 1 N–H and O–H groups in total. The van der Waals surface area contributed by atoms with Gasteiger partial charge >= 0.3 is 12.3 Å². The zero-order chi connectivity index (χ0) is 29.5. The molecule has 1 aliphatic rings. The lowest BCUT2D eigenvalue weighted by atomic mass is 9.97. The van der Waals surface area contributed by atoms with Crippen molar-refractivity contribution in [3.05, 3.63) is 91.4 Å². The zero-order valence-electron chi connectivity index (χ0n) is 19.5. The fourth-order valence-electron chi connectivity index (χ4n) is 3.88. The van der Waals surface area contributed by atoms with Crippen molar-refractivity contribution in [1.82, 2.24) is 0 Å². The molecule has 2 amide bonds. The fraction of sp³-hybridized carbons (Fsp3) is 0.160. The number of amides is 2. The van der Waals surface area contributed by atoms with E-state index >= 15 is 0 Å². The average Bonchev–Trinajstić information content (AvgIpc) is 2.86. The summed E-state index contributed by atoms with van der Waals surface area (Å²) in [5.74, 6) is -4.57. The lowest BCUT2D eigenvalue weighted by Crippen LogP contribution is -2.39. The first-order valence-corrected chi connectivity index (χ1v) is 12.1. The molecule has 0 radical (unpaired) electrons. The number of cyclic esters (lactones) is 1. The number of anilines is 2. The molecular formula is C25H13BrClF7N2O4. The van der Waals surface area contributed by atoms with Crippen molar-refractivity contribution in [1.29, 1.82) is 0 Å². The van der Waals surface area contributed by atoms with E-state index in [1.165, 1.54) is 0 Å². The minimum Gasteiger partial charge on any atom is -0.444 e. The van der Waals surface area contributed by atoms with Crippen LogP contribution in [0.1, 0.15) is 37.4 Å². The first kappa shape index (κ1) is 29.3. The fourth-order valence-corrected chi connectivity index (χ4v) is 4.80. The van der Waals surface area contributed by atoms with Crippen LogP contribution in [-0.2, 0) is 17.5 Å². The zero-order valence-corrected chi connectivity index (χ0v) is 21.9. The van der Waals surface area contributed by atoms with Gasteiger partial charge in [0.1, 0.15) is 18.2 Å². The van der Waals surface area contributed by atoms with E-state index < -0.39 is 77.5 Å². The Morgan fingerprint density at radius 2 is 1.77 bits per heavy atom. The molecule has 0 aliphatic carbocycles. The van der Waals surface area contributed by atoms with E-state index in [0.717, 1.165) is 24.3 Å². The van der Waals surface area contributed by atoms with Crippen molar-refractivity contribution >= 4 is 56.7 Å². The van der Waals surface area contributed by atoms with Gasteiger partial charge in [-0.15, -0.1) is 0 Å². The molecule has 6 nitrogen and oxygen atoms in total. The minimum atomic E-state index is -5.00. The van der Waals surface area contributed by atoms with E-state index in [2.05, 4.69) is 21.2 Å². The number of rotatable bonds is 6. The summed E-state index contributed by atoms with van der Waals surface area (Å²) >= 11 is 9.21. The molecule has 0 aromatic heterocycles. The number of ether oxygens (including phenoxy) is 1. The number of alkyl halides is 5. The maximum atomic E-state index is 14.0. The summed E-state index contributed by atoms with van der Waals surface area (Å²) in [6, 6.07) is 4.81. The highest BCUT2D eigenvalue weighted by molar-refractivity contribution is 9.10.